The highest BCUT2D eigenvalue weighted by molar-refractivity contribution is 5.79. The predicted molar refractivity (Wildman–Crippen MR) is 124 cm³/mol. The summed E-state index contributed by atoms with van der Waals surface area (Å²) in [6.07, 6.45) is 1.66. The quantitative estimate of drug-likeness (QED) is 0.583. The zero-order valence-corrected chi connectivity index (χ0v) is 20.4. The Morgan fingerprint density at radius 3 is 2.30 bits per heavy atom. The molecule has 1 aliphatic rings. The number of piperidine rings is 1. The van der Waals surface area contributed by atoms with Crippen LogP contribution in [0.4, 0.5) is 4.79 Å². The lowest BCUT2D eigenvalue weighted by Gasteiger charge is -2.32. The van der Waals surface area contributed by atoms with E-state index in [9.17, 15) is 14.4 Å². The van der Waals surface area contributed by atoms with Gasteiger partial charge in [0.15, 0.2) is 11.5 Å². The second-order valence-corrected chi connectivity index (χ2v) is 9.17. The number of ether oxygens (including phenoxy) is 3. The number of hydrogen-bond acceptors (Lipinski definition) is 6. The molecule has 0 atom stereocenters. The van der Waals surface area contributed by atoms with Crippen LogP contribution in [-0.4, -0.2) is 68.8 Å². The maximum Gasteiger partial charge on any atom is 0.407 e. The molecule has 1 saturated heterocycles. The van der Waals surface area contributed by atoms with Crippen LogP contribution in [-0.2, 0) is 20.7 Å². The molecule has 1 heterocycles. The van der Waals surface area contributed by atoms with Gasteiger partial charge in [0.25, 0.3) is 0 Å². The Labute approximate surface area is 196 Å². The Balaban J connectivity index is 1.66. The number of hydrogen-bond donors (Lipinski definition) is 2. The first kappa shape index (κ1) is 26.3. The molecular formula is C24H37N3O6. The molecule has 3 amide bonds. The Morgan fingerprint density at radius 1 is 1.03 bits per heavy atom. The molecule has 0 unspecified atom stereocenters. The number of amides is 3. The summed E-state index contributed by atoms with van der Waals surface area (Å²) in [5.74, 6) is 1.53. The number of rotatable bonds is 9. The van der Waals surface area contributed by atoms with Crippen molar-refractivity contribution in [2.24, 2.45) is 5.92 Å². The molecule has 33 heavy (non-hydrogen) atoms. The van der Waals surface area contributed by atoms with Gasteiger partial charge >= 0.3 is 6.09 Å². The molecular weight excluding hydrogens is 426 g/mol. The van der Waals surface area contributed by atoms with Gasteiger partial charge in [-0.1, -0.05) is 6.07 Å². The molecule has 2 rings (SSSR count). The summed E-state index contributed by atoms with van der Waals surface area (Å²) in [6.45, 7) is 7.53. The van der Waals surface area contributed by atoms with Crippen LogP contribution in [0.25, 0.3) is 0 Å². The van der Waals surface area contributed by atoms with Crippen LogP contribution < -0.4 is 20.1 Å². The topological polar surface area (TPSA) is 106 Å². The van der Waals surface area contributed by atoms with Gasteiger partial charge in [-0.2, -0.15) is 0 Å². The molecule has 0 spiro atoms. The lowest BCUT2D eigenvalue weighted by molar-refractivity contribution is -0.132. The number of benzene rings is 1. The molecule has 9 nitrogen and oxygen atoms in total. The zero-order valence-electron chi connectivity index (χ0n) is 20.4. The summed E-state index contributed by atoms with van der Waals surface area (Å²) in [5, 5.41) is 5.61. The molecule has 0 aliphatic carbocycles. The molecule has 0 bridgehead atoms. The third-order valence-electron chi connectivity index (χ3n) is 5.37. The Hall–Kier alpha value is -2.97. The van der Waals surface area contributed by atoms with Crippen LogP contribution in [0.5, 0.6) is 11.5 Å². The van der Waals surface area contributed by atoms with E-state index >= 15 is 0 Å². The van der Waals surface area contributed by atoms with Gasteiger partial charge in [-0.05, 0) is 57.2 Å². The summed E-state index contributed by atoms with van der Waals surface area (Å²) >= 11 is 0. The van der Waals surface area contributed by atoms with Crippen molar-refractivity contribution in [3.05, 3.63) is 23.8 Å². The fraction of sp³-hybridized carbons (Fsp3) is 0.625. The van der Waals surface area contributed by atoms with Gasteiger partial charge in [-0.3, -0.25) is 9.59 Å². The number of methoxy groups -OCH3 is 2. The highest BCUT2D eigenvalue weighted by Crippen LogP contribution is 2.27. The van der Waals surface area contributed by atoms with Crippen molar-refractivity contribution in [2.45, 2.75) is 52.1 Å². The summed E-state index contributed by atoms with van der Waals surface area (Å²) in [4.78, 5) is 38.2. The van der Waals surface area contributed by atoms with Crippen molar-refractivity contribution in [2.75, 3.05) is 40.4 Å². The van der Waals surface area contributed by atoms with Crippen molar-refractivity contribution in [3.8, 4) is 11.5 Å². The fourth-order valence-corrected chi connectivity index (χ4v) is 3.63. The van der Waals surface area contributed by atoms with E-state index in [-0.39, 0.29) is 31.2 Å². The van der Waals surface area contributed by atoms with Crippen LogP contribution in [0.2, 0.25) is 0 Å². The van der Waals surface area contributed by atoms with Gasteiger partial charge < -0.3 is 29.7 Å². The molecule has 2 N–H and O–H groups in total. The number of carbonyl (C=O) groups is 3. The van der Waals surface area contributed by atoms with Crippen molar-refractivity contribution >= 4 is 17.9 Å². The van der Waals surface area contributed by atoms with Gasteiger partial charge in [0, 0.05) is 32.6 Å². The Bertz CT molecular complexity index is 813. The lowest BCUT2D eigenvalue weighted by Crippen LogP contribution is -2.43. The maximum absolute atomic E-state index is 12.4. The predicted octanol–water partition coefficient (Wildman–Crippen LogP) is 2.52. The van der Waals surface area contributed by atoms with E-state index in [1.165, 1.54) is 0 Å². The third-order valence-corrected chi connectivity index (χ3v) is 5.37. The third kappa shape index (κ3) is 9.19. The second kappa shape index (κ2) is 12.3. The van der Waals surface area contributed by atoms with Crippen LogP contribution in [0.1, 0.15) is 45.6 Å². The number of carbonyl (C=O) groups excluding carboxylic acids is 3. The first-order valence-corrected chi connectivity index (χ1v) is 11.3. The minimum Gasteiger partial charge on any atom is -0.493 e. The average Bonchev–Trinajstić information content (AvgIpc) is 2.76. The molecule has 0 radical (unpaired) electrons. The normalized spacial score (nSPS) is 14.4. The van der Waals surface area contributed by atoms with Crippen LogP contribution in [0.15, 0.2) is 18.2 Å². The molecule has 1 aromatic rings. The zero-order chi connectivity index (χ0) is 24.4. The minimum absolute atomic E-state index is 0.0157. The van der Waals surface area contributed by atoms with Crippen LogP contribution in [0, 0.1) is 5.92 Å². The van der Waals surface area contributed by atoms with E-state index in [0.29, 0.717) is 37.1 Å². The molecule has 0 saturated carbocycles. The minimum atomic E-state index is -0.563. The molecule has 1 fully saturated rings. The average molecular weight is 464 g/mol. The van der Waals surface area contributed by atoms with Gasteiger partial charge in [-0.15, -0.1) is 0 Å². The first-order chi connectivity index (χ1) is 15.6. The smallest absolute Gasteiger partial charge is 0.407 e. The van der Waals surface area contributed by atoms with Crippen molar-refractivity contribution < 1.29 is 28.6 Å². The highest BCUT2D eigenvalue weighted by Gasteiger charge is 2.23. The van der Waals surface area contributed by atoms with Gasteiger partial charge in [-0.25, -0.2) is 4.79 Å². The molecule has 1 aliphatic heterocycles. The van der Waals surface area contributed by atoms with Gasteiger partial charge in [0.1, 0.15) is 5.60 Å². The standard InChI is InChI=1S/C24H37N3O6/c1-24(2,3)33-23(30)25-11-8-22(29)27-12-9-17(10-13-27)16-26-21(28)15-18-6-7-19(31-4)20(14-18)32-5/h6-7,14,17H,8-13,15-16H2,1-5H3,(H,25,30)(H,26,28). The van der Waals surface area contributed by atoms with E-state index in [2.05, 4.69) is 10.6 Å². The van der Waals surface area contributed by atoms with Gasteiger partial charge in [0.05, 0.1) is 20.6 Å². The summed E-state index contributed by atoms with van der Waals surface area (Å²) in [5.41, 5.74) is 0.290. The van der Waals surface area contributed by atoms with Crippen molar-refractivity contribution in [1.82, 2.24) is 15.5 Å². The monoisotopic (exact) mass is 463 g/mol. The van der Waals surface area contributed by atoms with E-state index < -0.39 is 11.7 Å². The Kier molecular flexibility index (Phi) is 9.81. The summed E-state index contributed by atoms with van der Waals surface area (Å²) < 4.78 is 15.7. The first-order valence-electron chi connectivity index (χ1n) is 11.3. The SMILES string of the molecule is COc1ccc(CC(=O)NCC2CCN(C(=O)CCNC(=O)OC(C)(C)C)CC2)cc1OC. The molecule has 9 heteroatoms. The molecule has 184 valence electrons. The second-order valence-electron chi connectivity index (χ2n) is 9.17. The van der Waals surface area contributed by atoms with Crippen molar-refractivity contribution in [3.63, 3.8) is 0 Å². The van der Waals surface area contributed by atoms with E-state index in [1.807, 2.05) is 11.0 Å². The van der Waals surface area contributed by atoms with E-state index in [4.69, 9.17) is 14.2 Å². The number of alkyl carbamates (subject to hydrolysis) is 1. The van der Waals surface area contributed by atoms with E-state index in [1.54, 1.807) is 47.1 Å². The van der Waals surface area contributed by atoms with Crippen LogP contribution in [0.3, 0.4) is 0 Å². The molecule has 0 aromatic heterocycles. The summed E-state index contributed by atoms with van der Waals surface area (Å²) in [6, 6.07) is 5.44. The lowest BCUT2D eigenvalue weighted by atomic mass is 9.96. The summed E-state index contributed by atoms with van der Waals surface area (Å²) in [7, 11) is 3.14. The largest absolute Gasteiger partial charge is 0.493 e. The molecule has 1 aromatic carbocycles. The number of nitrogens with one attached hydrogen (secondary N) is 2. The highest BCUT2D eigenvalue weighted by atomic mass is 16.6. The van der Waals surface area contributed by atoms with Gasteiger partial charge in [0.2, 0.25) is 11.8 Å². The van der Waals surface area contributed by atoms with Crippen molar-refractivity contribution in [1.29, 1.82) is 0 Å². The van der Waals surface area contributed by atoms with E-state index in [0.717, 1.165) is 18.4 Å². The number of nitrogens with zero attached hydrogens (tertiary/aromatic N) is 1. The maximum atomic E-state index is 12.4. The Morgan fingerprint density at radius 2 is 1.70 bits per heavy atom. The fourth-order valence-electron chi connectivity index (χ4n) is 3.63. The van der Waals surface area contributed by atoms with Crippen LogP contribution >= 0.6 is 0 Å². The number of likely N-dealkylation sites (tertiary alicyclic amines) is 1.